The summed E-state index contributed by atoms with van der Waals surface area (Å²) in [5.41, 5.74) is -0.612. The molecular weight excluding hydrogens is 612 g/mol. The third-order valence-corrected chi connectivity index (χ3v) is 8.20. The van der Waals surface area contributed by atoms with Gasteiger partial charge >= 0.3 is 11.9 Å². The molecular formula is C15H16Br4O7. The summed E-state index contributed by atoms with van der Waals surface area (Å²) in [4.78, 5) is 24.5. The first kappa shape index (κ1) is 24.0. The minimum Gasteiger partial charge on any atom is -0.478 e. The van der Waals surface area contributed by atoms with Crippen molar-refractivity contribution in [2.45, 2.75) is 32.2 Å². The summed E-state index contributed by atoms with van der Waals surface area (Å²) in [6.07, 6.45) is -1.46. The van der Waals surface area contributed by atoms with Gasteiger partial charge in [0, 0.05) is 37.5 Å². The molecule has 0 heterocycles. The van der Waals surface area contributed by atoms with Crippen molar-refractivity contribution >= 4 is 75.7 Å². The first-order chi connectivity index (χ1) is 12.0. The predicted octanol–water partition coefficient (Wildman–Crippen LogP) is 4.09. The molecule has 3 N–H and O–H groups in total. The van der Waals surface area contributed by atoms with Crippen molar-refractivity contribution in [2.24, 2.45) is 0 Å². The Kier molecular flexibility index (Phi) is 9.18. The minimum atomic E-state index is -1.82. The van der Waals surface area contributed by atoms with Gasteiger partial charge in [0.05, 0.1) is 11.1 Å². The molecule has 26 heavy (non-hydrogen) atoms. The monoisotopic (exact) mass is 624 g/mol. The van der Waals surface area contributed by atoms with Crippen LogP contribution in [0.2, 0.25) is 0 Å². The molecule has 0 aliphatic rings. The number of halogens is 4. The Morgan fingerprint density at radius 1 is 1.08 bits per heavy atom. The molecule has 0 bridgehead atoms. The number of carboxylic acid groups (broad SMARTS) is 1. The highest BCUT2D eigenvalue weighted by molar-refractivity contribution is 9.15. The fourth-order valence-electron chi connectivity index (χ4n) is 2.20. The van der Waals surface area contributed by atoms with E-state index in [2.05, 4.69) is 63.7 Å². The van der Waals surface area contributed by atoms with Crippen LogP contribution in [-0.4, -0.2) is 52.4 Å². The zero-order valence-electron chi connectivity index (χ0n) is 13.7. The first-order valence-corrected chi connectivity index (χ1v) is 10.5. The zero-order valence-corrected chi connectivity index (χ0v) is 20.0. The Bertz CT molecular complexity index is 700. The summed E-state index contributed by atoms with van der Waals surface area (Å²) in [6.45, 7) is 2.66. The number of carboxylic acids is 1. The number of hydrogen-bond acceptors (Lipinski definition) is 6. The fraction of sp³-hybridized carbons (Fsp3) is 0.467. The van der Waals surface area contributed by atoms with Crippen LogP contribution in [0.1, 0.15) is 41.0 Å². The quantitative estimate of drug-likeness (QED) is 0.172. The van der Waals surface area contributed by atoms with Crippen LogP contribution in [-0.2, 0) is 9.47 Å². The van der Waals surface area contributed by atoms with Gasteiger partial charge in [0.15, 0.2) is 0 Å². The van der Waals surface area contributed by atoms with Crippen molar-refractivity contribution in [1.82, 2.24) is 0 Å². The summed E-state index contributed by atoms with van der Waals surface area (Å²) in [6, 6.07) is 0. The second kappa shape index (κ2) is 9.94. The highest BCUT2D eigenvalue weighted by Crippen LogP contribution is 2.43. The number of rotatable bonds is 8. The molecule has 1 aromatic rings. The van der Waals surface area contributed by atoms with Gasteiger partial charge in [-0.1, -0.05) is 0 Å². The molecule has 2 unspecified atom stereocenters. The Balaban J connectivity index is 3.55. The van der Waals surface area contributed by atoms with Crippen LogP contribution >= 0.6 is 63.7 Å². The van der Waals surface area contributed by atoms with E-state index in [0.29, 0.717) is 8.95 Å². The van der Waals surface area contributed by atoms with Gasteiger partial charge in [-0.05, 0) is 77.6 Å². The van der Waals surface area contributed by atoms with Crippen molar-refractivity contribution in [3.63, 3.8) is 0 Å². The van der Waals surface area contributed by atoms with E-state index in [-0.39, 0.29) is 33.1 Å². The van der Waals surface area contributed by atoms with Crippen LogP contribution in [0.25, 0.3) is 0 Å². The number of aliphatic hydroxyl groups excluding tert-OH is 2. The first-order valence-electron chi connectivity index (χ1n) is 7.29. The maximum Gasteiger partial charge on any atom is 0.342 e. The molecule has 0 saturated heterocycles. The molecule has 0 radical (unpaired) electrons. The topological polar surface area (TPSA) is 113 Å². The Morgan fingerprint density at radius 3 is 1.96 bits per heavy atom. The highest BCUT2D eigenvalue weighted by atomic mass is 79.9. The maximum atomic E-state index is 12.8. The molecule has 0 spiro atoms. The molecule has 1 rings (SSSR count). The number of esters is 1. The lowest BCUT2D eigenvalue weighted by molar-refractivity contribution is -0.255. The summed E-state index contributed by atoms with van der Waals surface area (Å²) < 4.78 is 11.8. The molecule has 0 amide bonds. The van der Waals surface area contributed by atoms with Crippen LogP contribution < -0.4 is 0 Å². The van der Waals surface area contributed by atoms with E-state index >= 15 is 0 Å². The van der Waals surface area contributed by atoms with Crippen LogP contribution in [0, 0.1) is 0 Å². The molecule has 11 heteroatoms. The Morgan fingerprint density at radius 2 is 1.58 bits per heavy atom. The summed E-state index contributed by atoms with van der Waals surface area (Å²) >= 11 is 12.8. The largest absolute Gasteiger partial charge is 0.478 e. The smallest absolute Gasteiger partial charge is 0.342 e. The lowest BCUT2D eigenvalue weighted by Gasteiger charge is -2.35. The third kappa shape index (κ3) is 4.86. The minimum absolute atomic E-state index is 0.0961. The van der Waals surface area contributed by atoms with Crippen molar-refractivity contribution in [3.05, 3.63) is 29.0 Å². The molecule has 0 saturated carbocycles. The molecule has 0 aromatic heterocycles. The molecule has 2 atom stereocenters. The number of hydrogen-bond donors (Lipinski definition) is 3. The zero-order chi connectivity index (χ0) is 20.2. The number of benzene rings is 1. The SMILES string of the molecule is CCOC(CCO)(OC(=O)c1c(Br)c(Br)c(Br)c(Br)c1C(=O)O)C(C)O. The van der Waals surface area contributed by atoms with Crippen molar-refractivity contribution in [2.75, 3.05) is 13.2 Å². The van der Waals surface area contributed by atoms with Gasteiger partial charge < -0.3 is 24.8 Å². The van der Waals surface area contributed by atoms with Gasteiger partial charge in [0.25, 0.3) is 0 Å². The maximum absolute atomic E-state index is 12.8. The second-order valence-electron chi connectivity index (χ2n) is 5.10. The van der Waals surface area contributed by atoms with Crippen molar-refractivity contribution in [1.29, 1.82) is 0 Å². The van der Waals surface area contributed by atoms with Crippen molar-refractivity contribution in [3.8, 4) is 0 Å². The number of aliphatic hydroxyl groups is 2. The summed E-state index contributed by atoms with van der Waals surface area (Å²) in [5.74, 6) is -4.22. The fourth-order valence-corrected chi connectivity index (χ4v) is 4.65. The number of aromatic carboxylic acids is 1. The summed E-state index contributed by atoms with van der Waals surface area (Å²) in [5, 5.41) is 28.9. The van der Waals surface area contributed by atoms with E-state index in [4.69, 9.17) is 9.47 Å². The van der Waals surface area contributed by atoms with Gasteiger partial charge in [-0.3, -0.25) is 0 Å². The third-order valence-electron chi connectivity index (χ3n) is 3.44. The lowest BCUT2D eigenvalue weighted by Crippen LogP contribution is -2.48. The van der Waals surface area contributed by atoms with E-state index in [1.165, 1.54) is 6.92 Å². The number of ether oxygens (including phenoxy) is 2. The van der Waals surface area contributed by atoms with Gasteiger partial charge in [0.2, 0.25) is 5.79 Å². The van der Waals surface area contributed by atoms with Gasteiger partial charge in [0.1, 0.15) is 6.10 Å². The second-order valence-corrected chi connectivity index (χ2v) is 8.27. The molecule has 1 aromatic carbocycles. The van der Waals surface area contributed by atoms with Crippen molar-refractivity contribution < 1.29 is 34.4 Å². The number of carbonyl (C=O) groups excluding carboxylic acids is 1. The van der Waals surface area contributed by atoms with Gasteiger partial charge in [-0.25, -0.2) is 9.59 Å². The average Bonchev–Trinajstić information content (AvgIpc) is 2.55. The van der Waals surface area contributed by atoms with Gasteiger partial charge in [-0.2, -0.15) is 0 Å². The van der Waals surface area contributed by atoms with Gasteiger partial charge in [-0.15, -0.1) is 0 Å². The van der Waals surface area contributed by atoms with E-state index in [0.717, 1.165) is 0 Å². The molecule has 0 aliphatic heterocycles. The highest BCUT2D eigenvalue weighted by Gasteiger charge is 2.42. The predicted molar refractivity (Wildman–Crippen MR) is 107 cm³/mol. The van der Waals surface area contributed by atoms with E-state index in [1.54, 1.807) is 6.92 Å². The van der Waals surface area contributed by atoms with E-state index in [9.17, 15) is 24.9 Å². The van der Waals surface area contributed by atoms with Crippen LogP contribution in [0.5, 0.6) is 0 Å². The van der Waals surface area contributed by atoms with Crippen LogP contribution in [0.15, 0.2) is 17.9 Å². The normalized spacial score (nSPS) is 14.6. The molecule has 0 fully saturated rings. The molecule has 7 nitrogen and oxygen atoms in total. The molecule has 146 valence electrons. The molecule has 0 aliphatic carbocycles. The lowest BCUT2D eigenvalue weighted by atomic mass is 10.1. The van der Waals surface area contributed by atoms with Crippen LogP contribution in [0.3, 0.4) is 0 Å². The van der Waals surface area contributed by atoms with Crippen LogP contribution in [0.4, 0.5) is 0 Å². The standard InChI is InChI=1S/C15H16Br4O7/c1-3-25-15(4-5-20,6(2)21)26-14(24)8-7(13(22)23)9(16)11(18)12(19)10(8)17/h6,20-21H,3-5H2,1-2H3,(H,22,23). The average molecular weight is 628 g/mol. The van der Waals surface area contributed by atoms with E-state index in [1.807, 2.05) is 0 Å². The van der Waals surface area contributed by atoms with E-state index < -0.39 is 30.4 Å². The Labute approximate surface area is 183 Å². The summed E-state index contributed by atoms with van der Waals surface area (Å²) in [7, 11) is 0. The Hall–Kier alpha value is -0.0400. The number of carbonyl (C=O) groups is 2.